The zero-order chi connectivity index (χ0) is 17.9. The molecule has 0 spiro atoms. The highest BCUT2D eigenvalue weighted by molar-refractivity contribution is 5.75. The molecule has 4 aromatic rings. The fraction of sp³-hybridized carbons (Fsp3) is 0.0500. The summed E-state index contributed by atoms with van der Waals surface area (Å²) in [6.07, 6.45) is 1.68. The van der Waals surface area contributed by atoms with Gasteiger partial charge in [0.2, 0.25) is 0 Å². The van der Waals surface area contributed by atoms with Gasteiger partial charge in [0, 0.05) is 17.4 Å². The summed E-state index contributed by atoms with van der Waals surface area (Å²) in [5, 5.41) is 17.4. The van der Waals surface area contributed by atoms with Crippen LogP contribution in [0.4, 0.5) is 11.5 Å². The number of rotatable bonds is 4. The Balaban J connectivity index is 1.84. The quantitative estimate of drug-likeness (QED) is 0.607. The summed E-state index contributed by atoms with van der Waals surface area (Å²) < 4.78 is 6.90. The molecule has 0 bridgehead atoms. The predicted octanol–water partition coefficient (Wildman–Crippen LogP) is 4.02. The van der Waals surface area contributed by atoms with Crippen molar-refractivity contribution >= 4 is 17.2 Å². The Morgan fingerprint density at radius 1 is 1.04 bits per heavy atom. The van der Waals surface area contributed by atoms with Crippen molar-refractivity contribution < 1.29 is 4.74 Å². The SMILES string of the molecule is COc1ccc(-c2ccnc3c(C#N)c(Nc4ccccc4)nn23)cc1. The maximum Gasteiger partial charge on any atom is 0.175 e. The molecule has 0 aliphatic heterocycles. The first kappa shape index (κ1) is 15.7. The Morgan fingerprint density at radius 3 is 2.50 bits per heavy atom. The van der Waals surface area contributed by atoms with Crippen LogP contribution in [-0.2, 0) is 0 Å². The van der Waals surface area contributed by atoms with Crippen molar-refractivity contribution in [1.82, 2.24) is 14.6 Å². The van der Waals surface area contributed by atoms with E-state index in [0.717, 1.165) is 22.7 Å². The molecule has 0 aliphatic carbocycles. The first-order chi connectivity index (χ1) is 12.8. The summed E-state index contributed by atoms with van der Waals surface area (Å²) in [4.78, 5) is 4.35. The highest BCUT2D eigenvalue weighted by Crippen LogP contribution is 2.27. The van der Waals surface area contributed by atoms with Gasteiger partial charge in [0.15, 0.2) is 11.5 Å². The minimum Gasteiger partial charge on any atom is -0.497 e. The molecular weight excluding hydrogens is 326 g/mol. The second-order valence-electron chi connectivity index (χ2n) is 5.62. The van der Waals surface area contributed by atoms with E-state index in [0.29, 0.717) is 17.0 Å². The highest BCUT2D eigenvalue weighted by Gasteiger charge is 2.16. The number of anilines is 2. The van der Waals surface area contributed by atoms with Crippen LogP contribution >= 0.6 is 0 Å². The molecule has 0 aliphatic rings. The third-order valence-electron chi connectivity index (χ3n) is 4.05. The van der Waals surface area contributed by atoms with Crippen molar-refractivity contribution in [2.24, 2.45) is 0 Å². The number of fused-ring (bicyclic) bond motifs is 1. The van der Waals surface area contributed by atoms with Gasteiger partial charge in [-0.1, -0.05) is 18.2 Å². The molecule has 2 aromatic heterocycles. The van der Waals surface area contributed by atoms with Gasteiger partial charge >= 0.3 is 0 Å². The van der Waals surface area contributed by atoms with Crippen molar-refractivity contribution in [3.8, 4) is 23.1 Å². The molecule has 6 heteroatoms. The molecule has 2 heterocycles. The number of aromatic nitrogens is 3. The third kappa shape index (κ3) is 2.72. The van der Waals surface area contributed by atoms with Crippen molar-refractivity contribution in [3.63, 3.8) is 0 Å². The minimum atomic E-state index is 0.407. The van der Waals surface area contributed by atoms with Crippen LogP contribution in [-0.4, -0.2) is 21.7 Å². The van der Waals surface area contributed by atoms with E-state index in [9.17, 15) is 5.26 Å². The van der Waals surface area contributed by atoms with E-state index in [1.165, 1.54) is 0 Å². The van der Waals surface area contributed by atoms with Gasteiger partial charge in [-0.3, -0.25) is 0 Å². The zero-order valence-corrected chi connectivity index (χ0v) is 14.0. The lowest BCUT2D eigenvalue weighted by atomic mass is 10.1. The van der Waals surface area contributed by atoms with Crippen molar-refractivity contribution in [1.29, 1.82) is 5.26 Å². The third-order valence-corrected chi connectivity index (χ3v) is 4.05. The summed E-state index contributed by atoms with van der Waals surface area (Å²) in [5.74, 6) is 1.26. The average Bonchev–Trinajstić information content (AvgIpc) is 3.06. The second kappa shape index (κ2) is 6.57. The summed E-state index contributed by atoms with van der Waals surface area (Å²) >= 11 is 0. The van der Waals surface area contributed by atoms with Crippen LogP contribution in [0.3, 0.4) is 0 Å². The first-order valence-electron chi connectivity index (χ1n) is 8.04. The van der Waals surface area contributed by atoms with Crippen LogP contribution < -0.4 is 10.1 Å². The Labute approximate surface area is 150 Å². The normalized spacial score (nSPS) is 10.5. The van der Waals surface area contributed by atoms with E-state index in [4.69, 9.17) is 4.74 Å². The summed E-state index contributed by atoms with van der Waals surface area (Å²) in [6.45, 7) is 0. The van der Waals surface area contributed by atoms with Crippen molar-refractivity contribution in [3.05, 3.63) is 72.4 Å². The lowest BCUT2D eigenvalue weighted by Crippen LogP contribution is -1.96. The molecule has 1 N–H and O–H groups in total. The largest absolute Gasteiger partial charge is 0.497 e. The van der Waals surface area contributed by atoms with E-state index < -0.39 is 0 Å². The summed E-state index contributed by atoms with van der Waals surface area (Å²) in [6, 6.07) is 21.4. The zero-order valence-electron chi connectivity index (χ0n) is 14.0. The predicted molar refractivity (Wildman–Crippen MR) is 99.4 cm³/mol. The number of para-hydroxylation sites is 1. The molecule has 0 atom stereocenters. The standard InChI is InChI=1S/C20H15N5O/c1-26-16-9-7-14(8-10-16)18-11-12-22-20-17(13-21)19(24-25(18)20)23-15-5-3-2-4-6-15/h2-12H,1H3,(H,23,24). The topological polar surface area (TPSA) is 75.2 Å². The van der Waals surface area contributed by atoms with Gasteiger partial charge in [0.1, 0.15) is 17.4 Å². The Hall–Kier alpha value is -3.85. The highest BCUT2D eigenvalue weighted by atomic mass is 16.5. The molecule has 0 fully saturated rings. The van der Waals surface area contributed by atoms with Crippen LogP contribution in [0, 0.1) is 11.3 Å². The minimum absolute atomic E-state index is 0.407. The van der Waals surface area contributed by atoms with Crippen LogP contribution in [0.15, 0.2) is 66.9 Å². The van der Waals surface area contributed by atoms with Gasteiger partial charge in [-0.25, -0.2) is 9.50 Å². The maximum absolute atomic E-state index is 9.61. The molecule has 0 saturated heterocycles. The second-order valence-corrected chi connectivity index (χ2v) is 5.62. The van der Waals surface area contributed by atoms with Crippen molar-refractivity contribution in [2.75, 3.05) is 12.4 Å². The number of hydrogen-bond acceptors (Lipinski definition) is 5. The van der Waals surface area contributed by atoms with Gasteiger partial charge in [0.05, 0.1) is 12.8 Å². The fourth-order valence-corrected chi connectivity index (χ4v) is 2.77. The molecule has 26 heavy (non-hydrogen) atoms. The van der Waals surface area contributed by atoms with E-state index in [1.54, 1.807) is 17.8 Å². The van der Waals surface area contributed by atoms with E-state index in [-0.39, 0.29) is 0 Å². The lowest BCUT2D eigenvalue weighted by molar-refractivity contribution is 0.415. The summed E-state index contributed by atoms with van der Waals surface area (Å²) in [5.41, 5.74) is 3.58. The average molecular weight is 341 g/mol. The number of methoxy groups -OCH3 is 1. The number of nitrogens with zero attached hydrogens (tertiary/aromatic N) is 4. The number of nitriles is 1. The molecule has 2 aromatic carbocycles. The van der Waals surface area contributed by atoms with E-state index in [2.05, 4.69) is 21.5 Å². The maximum atomic E-state index is 9.61. The van der Waals surface area contributed by atoms with Crippen LogP contribution in [0.5, 0.6) is 5.75 Å². The number of nitrogens with one attached hydrogen (secondary N) is 1. The Bertz CT molecular complexity index is 1090. The Morgan fingerprint density at radius 2 is 1.81 bits per heavy atom. The van der Waals surface area contributed by atoms with Gasteiger partial charge in [-0.05, 0) is 42.5 Å². The van der Waals surface area contributed by atoms with Gasteiger partial charge in [0.25, 0.3) is 0 Å². The molecule has 6 nitrogen and oxygen atoms in total. The van der Waals surface area contributed by atoms with Gasteiger partial charge in [-0.2, -0.15) is 5.26 Å². The summed E-state index contributed by atoms with van der Waals surface area (Å²) in [7, 11) is 1.63. The van der Waals surface area contributed by atoms with Crippen LogP contribution in [0.1, 0.15) is 5.56 Å². The first-order valence-corrected chi connectivity index (χ1v) is 8.04. The monoisotopic (exact) mass is 341 g/mol. The molecule has 4 rings (SSSR count). The van der Waals surface area contributed by atoms with Gasteiger partial charge < -0.3 is 10.1 Å². The van der Waals surface area contributed by atoms with Crippen LogP contribution in [0.2, 0.25) is 0 Å². The van der Waals surface area contributed by atoms with Crippen LogP contribution in [0.25, 0.3) is 16.9 Å². The smallest absolute Gasteiger partial charge is 0.175 e. The molecular formula is C20H15N5O. The van der Waals surface area contributed by atoms with E-state index >= 15 is 0 Å². The molecule has 0 unspecified atom stereocenters. The molecule has 0 amide bonds. The molecule has 126 valence electrons. The number of benzene rings is 2. The number of ether oxygens (including phenoxy) is 1. The van der Waals surface area contributed by atoms with Crippen molar-refractivity contribution in [2.45, 2.75) is 0 Å². The van der Waals surface area contributed by atoms with E-state index in [1.807, 2.05) is 60.7 Å². The lowest BCUT2D eigenvalue weighted by Gasteiger charge is -2.05. The number of hydrogen-bond donors (Lipinski definition) is 1. The molecule has 0 saturated carbocycles. The van der Waals surface area contributed by atoms with Gasteiger partial charge in [-0.15, -0.1) is 5.10 Å². The Kier molecular flexibility index (Phi) is 3.96. The fourth-order valence-electron chi connectivity index (χ4n) is 2.77. The molecule has 0 radical (unpaired) electrons.